The van der Waals surface area contributed by atoms with Gasteiger partial charge in [-0.2, -0.15) is 0 Å². The molecule has 2 aromatic heterocycles. The van der Waals surface area contributed by atoms with E-state index in [1.807, 2.05) is 38.1 Å². The van der Waals surface area contributed by atoms with Crippen molar-refractivity contribution >= 4 is 44.9 Å². The highest BCUT2D eigenvalue weighted by atomic mass is 35.5. The largest absolute Gasteiger partial charge is 0.450 e. The fourth-order valence-electron chi connectivity index (χ4n) is 4.04. The number of aromatic nitrogens is 2. The Morgan fingerprint density at radius 2 is 1.81 bits per heavy atom. The van der Waals surface area contributed by atoms with Crippen molar-refractivity contribution in [3.05, 3.63) is 84.7 Å². The molecule has 0 bridgehead atoms. The van der Waals surface area contributed by atoms with Crippen LogP contribution >= 0.6 is 22.9 Å². The molecule has 1 unspecified atom stereocenters. The van der Waals surface area contributed by atoms with Crippen LogP contribution in [0.25, 0.3) is 11.0 Å². The molecule has 1 aliphatic heterocycles. The Kier molecular flexibility index (Phi) is 5.10. The van der Waals surface area contributed by atoms with Crippen LogP contribution in [0.3, 0.4) is 0 Å². The average molecular weight is 466 g/mol. The monoisotopic (exact) mass is 465 g/mol. The predicted octanol–water partition coefficient (Wildman–Crippen LogP) is 5.62. The lowest BCUT2D eigenvalue weighted by Gasteiger charge is -2.22. The molecule has 162 valence electrons. The molecule has 0 N–H and O–H groups in total. The zero-order valence-electron chi connectivity index (χ0n) is 17.8. The van der Waals surface area contributed by atoms with Crippen LogP contribution < -0.4 is 10.3 Å². The van der Waals surface area contributed by atoms with Crippen LogP contribution in [0.4, 0.5) is 5.13 Å². The summed E-state index contributed by atoms with van der Waals surface area (Å²) in [7, 11) is 0. The van der Waals surface area contributed by atoms with E-state index < -0.39 is 11.9 Å². The maximum absolute atomic E-state index is 13.7. The summed E-state index contributed by atoms with van der Waals surface area (Å²) in [5.41, 5.74) is 3.25. The molecule has 1 atom stereocenters. The Balaban J connectivity index is 1.77. The van der Waals surface area contributed by atoms with Gasteiger partial charge in [-0.3, -0.25) is 14.5 Å². The molecule has 0 aliphatic carbocycles. The van der Waals surface area contributed by atoms with Gasteiger partial charge in [0.05, 0.1) is 17.0 Å². The summed E-state index contributed by atoms with van der Waals surface area (Å²) in [6.07, 6.45) is 1.70. The molecule has 4 aromatic rings. The number of hydrogen-bond donors (Lipinski definition) is 0. The number of carbonyl (C=O) groups excluding carboxylic acids is 1. The number of rotatable bonds is 4. The van der Waals surface area contributed by atoms with Gasteiger partial charge in [0.15, 0.2) is 5.43 Å². The summed E-state index contributed by atoms with van der Waals surface area (Å²) >= 11 is 7.46. The summed E-state index contributed by atoms with van der Waals surface area (Å²) in [6, 6.07) is 10.1. The predicted molar refractivity (Wildman–Crippen MR) is 126 cm³/mol. The third-order valence-corrected chi connectivity index (χ3v) is 7.03. The van der Waals surface area contributed by atoms with Crippen LogP contribution in [-0.2, 0) is 6.42 Å². The van der Waals surface area contributed by atoms with Gasteiger partial charge in [-0.05, 0) is 61.2 Å². The van der Waals surface area contributed by atoms with Crippen molar-refractivity contribution in [3.63, 3.8) is 0 Å². The molecule has 8 heteroatoms. The first-order valence-electron chi connectivity index (χ1n) is 10.4. The maximum atomic E-state index is 13.7. The molecule has 0 spiro atoms. The third kappa shape index (κ3) is 3.24. The van der Waals surface area contributed by atoms with E-state index in [9.17, 15) is 9.59 Å². The maximum Gasteiger partial charge on any atom is 0.297 e. The number of anilines is 1. The van der Waals surface area contributed by atoms with E-state index in [0.29, 0.717) is 26.7 Å². The highest BCUT2D eigenvalue weighted by molar-refractivity contribution is 7.15. The van der Waals surface area contributed by atoms with Gasteiger partial charge in [0.25, 0.3) is 5.91 Å². The Morgan fingerprint density at radius 3 is 2.53 bits per heavy atom. The second-order valence-corrected chi connectivity index (χ2v) is 9.44. The van der Waals surface area contributed by atoms with Gasteiger partial charge in [-0.15, -0.1) is 10.2 Å². The molecule has 5 rings (SSSR count). The highest BCUT2D eigenvalue weighted by Gasteiger charge is 2.45. The lowest BCUT2D eigenvalue weighted by molar-refractivity contribution is 0.0970. The zero-order chi connectivity index (χ0) is 22.6. The van der Waals surface area contributed by atoms with Crippen LogP contribution in [0.15, 0.2) is 45.6 Å². The van der Waals surface area contributed by atoms with Crippen LogP contribution in [0.5, 0.6) is 0 Å². The van der Waals surface area contributed by atoms with Crippen LogP contribution in [0.2, 0.25) is 5.02 Å². The van der Waals surface area contributed by atoms with E-state index >= 15 is 0 Å². The average Bonchev–Trinajstić information content (AvgIpc) is 3.33. The summed E-state index contributed by atoms with van der Waals surface area (Å²) in [5.74, 6) is -0.339. The van der Waals surface area contributed by atoms with Crippen LogP contribution in [0.1, 0.15) is 57.2 Å². The normalized spacial score (nSPS) is 15.6. The van der Waals surface area contributed by atoms with Crippen molar-refractivity contribution in [3.8, 4) is 0 Å². The Bertz CT molecular complexity index is 1430. The molecule has 32 heavy (non-hydrogen) atoms. The molecule has 3 heterocycles. The summed E-state index contributed by atoms with van der Waals surface area (Å²) in [5, 5.41) is 10.8. The lowest BCUT2D eigenvalue weighted by atomic mass is 9.97. The molecular weight excluding hydrogens is 446 g/mol. The molecule has 6 nitrogen and oxygen atoms in total. The number of fused-ring (bicyclic) bond motifs is 2. The second-order valence-electron chi connectivity index (χ2n) is 7.96. The fourth-order valence-corrected chi connectivity index (χ4v) is 5.14. The third-order valence-electron chi connectivity index (χ3n) is 5.80. The van der Waals surface area contributed by atoms with Crippen molar-refractivity contribution in [2.45, 2.75) is 39.7 Å². The van der Waals surface area contributed by atoms with Crippen molar-refractivity contribution in [1.82, 2.24) is 10.2 Å². The summed E-state index contributed by atoms with van der Waals surface area (Å²) < 4.78 is 6.05. The molecule has 1 amide bonds. The number of halogens is 1. The lowest BCUT2D eigenvalue weighted by Crippen LogP contribution is -2.29. The first-order valence-corrected chi connectivity index (χ1v) is 11.6. The standard InChI is InChI=1S/C24H20ClN3O3S/c1-4-5-18-26-27-24(32-18)28-20(14-6-8-15(25)9-7-14)19-21(29)16-10-12(2)13(3)11-17(16)31-22(19)23(28)30/h6-11,20H,4-5H2,1-3H3. The van der Waals surface area contributed by atoms with Gasteiger partial charge in [0, 0.05) is 11.4 Å². The summed E-state index contributed by atoms with van der Waals surface area (Å²) in [4.78, 5) is 28.8. The Morgan fingerprint density at radius 1 is 1.09 bits per heavy atom. The van der Waals surface area contributed by atoms with Gasteiger partial charge in [-0.1, -0.05) is 42.0 Å². The SMILES string of the molecule is CCCc1nnc(N2C(=O)c3oc4cc(C)c(C)cc4c(=O)c3C2c2ccc(Cl)cc2)s1. The van der Waals surface area contributed by atoms with E-state index in [-0.39, 0.29) is 11.2 Å². The minimum absolute atomic E-state index is 0.0537. The van der Waals surface area contributed by atoms with Crippen LogP contribution in [-0.4, -0.2) is 16.1 Å². The number of aryl methyl sites for hydroxylation is 3. The van der Waals surface area contributed by atoms with Gasteiger partial charge >= 0.3 is 0 Å². The van der Waals surface area contributed by atoms with Crippen molar-refractivity contribution in [2.24, 2.45) is 0 Å². The minimum Gasteiger partial charge on any atom is -0.450 e. The zero-order valence-corrected chi connectivity index (χ0v) is 19.4. The number of nitrogens with zero attached hydrogens (tertiary/aromatic N) is 3. The van der Waals surface area contributed by atoms with Crippen LogP contribution in [0, 0.1) is 13.8 Å². The van der Waals surface area contributed by atoms with E-state index in [2.05, 4.69) is 17.1 Å². The smallest absolute Gasteiger partial charge is 0.297 e. The first-order chi connectivity index (χ1) is 15.4. The van der Waals surface area contributed by atoms with Gasteiger partial charge in [0.2, 0.25) is 10.9 Å². The molecule has 2 aromatic carbocycles. The highest BCUT2D eigenvalue weighted by Crippen LogP contribution is 2.42. The van der Waals surface area contributed by atoms with E-state index in [1.165, 1.54) is 16.2 Å². The molecule has 0 saturated heterocycles. The first kappa shape index (κ1) is 20.8. The van der Waals surface area contributed by atoms with Crippen molar-refractivity contribution < 1.29 is 9.21 Å². The molecule has 0 radical (unpaired) electrons. The van der Waals surface area contributed by atoms with E-state index in [0.717, 1.165) is 34.5 Å². The number of carbonyl (C=O) groups is 1. The number of hydrogen-bond acceptors (Lipinski definition) is 6. The number of amides is 1. The quantitative estimate of drug-likeness (QED) is 0.391. The molecule has 1 aliphatic rings. The Hall–Kier alpha value is -3.03. The topological polar surface area (TPSA) is 76.3 Å². The van der Waals surface area contributed by atoms with Crippen molar-refractivity contribution in [2.75, 3.05) is 4.90 Å². The number of benzene rings is 2. The van der Waals surface area contributed by atoms with E-state index in [1.54, 1.807) is 12.1 Å². The molecule has 0 fully saturated rings. The van der Waals surface area contributed by atoms with E-state index in [4.69, 9.17) is 16.0 Å². The van der Waals surface area contributed by atoms with Gasteiger partial charge in [0.1, 0.15) is 10.6 Å². The molecular formula is C24H20ClN3O3S. The summed E-state index contributed by atoms with van der Waals surface area (Å²) in [6.45, 7) is 5.96. The van der Waals surface area contributed by atoms with Gasteiger partial charge < -0.3 is 4.42 Å². The van der Waals surface area contributed by atoms with Gasteiger partial charge in [-0.25, -0.2) is 0 Å². The van der Waals surface area contributed by atoms with Crippen molar-refractivity contribution in [1.29, 1.82) is 0 Å². The Labute approximate surface area is 193 Å². The molecule has 0 saturated carbocycles. The fraction of sp³-hybridized carbons (Fsp3) is 0.250. The minimum atomic E-state index is -0.667. The second kappa shape index (κ2) is 7.83.